The lowest BCUT2D eigenvalue weighted by Crippen LogP contribution is -2.51. The maximum atomic E-state index is 9.32. The number of benzene rings is 1. The third kappa shape index (κ3) is 3.33. The fourth-order valence-electron chi connectivity index (χ4n) is 3.83. The summed E-state index contributed by atoms with van der Waals surface area (Å²) in [5, 5.41) is 12.9. The van der Waals surface area contributed by atoms with Gasteiger partial charge in [-0.05, 0) is 68.3 Å². The summed E-state index contributed by atoms with van der Waals surface area (Å²) in [5.74, 6) is 0.360. The number of nitrogens with zero attached hydrogens (tertiary/aromatic N) is 1. The second-order valence-corrected chi connectivity index (χ2v) is 6.58. The Morgan fingerprint density at radius 3 is 2.70 bits per heavy atom. The zero-order chi connectivity index (χ0) is 13.8. The molecule has 3 nitrogen and oxygen atoms in total. The molecule has 2 N–H and O–H groups in total. The lowest BCUT2D eigenvalue weighted by Gasteiger charge is -2.45. The van der Waals surface area contributed by atoms with Crippen molar-refractivity contribution < 1.29 is 5.11 Å². The quantitative estimate of drug-likeness (QED) is 0.888. The second kappa shape index (κ2) is 6.15. The molecule has 3 rings (SSSR count). The molecule has 3 heteroatoms. The van der Waals surface area contributed by atoms with Gasteiger partial charge in [-0.3, -0.25) is 0 Å². The van der Waals surface area contributed by atoms with Crippen molar-refractivity contribution >= 4 is 0 Å². The Kier molecular flexibility index (Phi) is 4.27. The number of phenols is 1. The molecule has 1 unspecified atom stereocenters. The van der Waals surface area contributed by atoms with E-state index >= 15 is 0 Å². The molecular weight excluding hydrogens is 248 g/mol. The summed E-state index contributed by atoms with van der Waals surface area (Å²) < 4.78 is 0. The van der Waals surface area contributed by atoms with Gasteiger partial charge in [-0.25, -0.2) is 0 Å². The van der Waals surface area contributed by atoms with Gasteiger partial charge < -0.3 is 15.3 Å². The Labute approximate surface area is 122 Å². The molecule has 0 bridgehead atoms. The molecule has 110 valence electrons. The fourth-order valence-corrected chi connectivity index (χ4v) is 3.83. The molecule has 2 fully saturated rings. The summed E-state index contributed by atoms with van der Waals surface area (Å²) in [7, 11) is 0. The van der Waals surface area contributed by atoms with E-state index in [1.54, 1.807) is 12.1 Å². The van der Waals surface area contributed by atoms with Crippen LogP contribution in [0.2, 0.25) is 0 Å². The van der Waals surface area contributed by atoms with Gasteiger partial charge in [0, 0.05) is 19.6 Å². The van der Waals surface area contributed by atoms with Gasteiger partial charge in [-0.15, -0.1) is 0 Å². The standard InChI is InChI=1S/C17H26N2O/c20-16-5-3-15(4-6-16)7-12-19-11-2-9-17(14-19)8-1-10-18-13-17/h3-6,18,20H,1-2,7-14H2. The molecule has 2 saturated heterocycles. The minimum atomic E-state index is 0.360. The predicted octanol–water partition coefficient (Wildman–Crippen LogP) is 2.40. The number of hydrogen-bond acceptors (Lipinski definition) is 3. The molecule has 0 amide bonds. The smallest absolute Gasteiger partial charge is 0.115 e. The Morgan fingerprint density at radius 1 is 1.15 bits per heavy atom. The van der Waals surface area contributed by atoms with E-state index in [-0.39, 0.29) is 0 Å². The number of likely N-dealkylation sites (tertiary alicyclic amines) is 1. The van der Waals surface area contributed by atoms with Crippen molar-refractivity contribution in [2.24, 2.45) is 5.41 Å². The molecule has 2 heterocycles. The average molecular weight is 274 g/mol. The van der Waals surface area contributed by atoms with Crippen molar-refractivity contribution in [1.82, 2.24) is 10.2 Å². The largest absolute Gasteiger partial charge is 0.508 e. The molecule has 0 aromatic heterocycles. The lowest BCUT2D eigenvalue weighted by atomic mass is 9.74. The Hall–Kier alpha value is -1.06. The van der Waals surface area contributed by atoms with E-state index in [4.69, 9.17) is 0 Å². The molecule has 0 saturated carbocycles. The molecule has 1 spiro atoms. The van der Waals surface area contributed by atoms with Gasteiger partial charge in [0.15, 0.2) is 0 Å². The lowest BCUT2D eigenvalue weighted by molar-refractivity contribution is 0.0654. The minimum absolute atomic E-state index is 0.360. The van der Waals surface area contributed by atoms with Gasteiger partial charge in [-0.2, -0.15) is 0 Å². The van der Waals surface area contributed by atoms with E-state index in [0.29, 0.717) is 11.2 Å². The summed E-state index contributed by atoms with van der Waals surface area (Å²) >= 11 is 0. The SMILES string of the molecule is Oc1ccc(CCN2CCCC3(CCCNC3)C2)cc1. The number of piperidine rings is 2. The van der Waals surface area contributed by atoms with Crippen LogP contribution >= 0.6 is 0 Å². The van der Waals surface area contributed by atoms with Crippen molar-refractivity contribution in [1.29, 1.82) is 0 Å². The monoisotopic (exact) mass is 274 g/mol. The van der Waals surface area contributed by atoms with E-state index in [9.17, 15) is 5.11 Å². The number of rotatable bonds is 3. The van der Waals surface area contributed by atoms with Gasteiger partial charge in [0.1, 0.15) is 5.75 Å². The zero-order valence-electron chi connectivity index (χ0n) is 12.3. The van der Waals surface area contributed by atoms with Crippen molar-refractivity contribution in [3.63, 3.8) is 0 Å². The van der Waals surface area contributed by atoms with Crippen LogP contribution in [0.25, 0.3) is 0 Å². The highest BCUT2D eigenvalue weighted by molar-refractivity contribution is 5.26. The highest BCUT2D eigenvalue weighted by Crippen LogP contribution is 2.35. The van der Waals surface area contributed by atoms with E-state index in [0.717, 1.165) is 13.0 Å². The van der Waals surface area contributed by atoms with Crippen LogP contribution in [-0.4, -0.2) is 42.7 Å². The topological polar surface area (TPSA) is 35.5 Å². The van der Waals surface area contributed by atoms with Crippen molar-refractivity contribution in [3.8, 4) is 5.75 Å². The molecule has 2 aliphatic rings. The third-order valence-corrected chi connectivity index (χ3v) is 4.95. The summed E-state index contributed by atoms with van der Waals surface area (Å²) in [5.41, 5.74) is 1.87. The normalized spacial score (nSPS) is 27.8. The molecule has 20 heavy (non-hydrogen) atoms. The first-order valence-corrected chi connectivity index (χ1v) is 7.97. The van der Waals surface area contributed by atoms with E-state index < -0.39 is 0 Å². The number of phenolic OH excluding ortho intramolecular Hbond substituents is 1. The molecule has 1 atom stereocenters. The summed E-state index contributed by atoms with van der Waals surface area (Å²) in [6, 6.07) is 7.66. The van der Waals surface area contributed by atoms with Gasteiger partial charge in [0.05, 0.1) is 0 Å². The highest BCUT2D eigenvalue weighted by Gasteiger charge is 2.36. The zero-order valence-corrected chi connectivity index (χ0v) is 12.3. The van der Waals surface area contributed by atoms with Crippen molar-refractivity contribution in [3.05, 3.63) is 29.8 Å². The van der Waals surface area contributed by atoms with Gasteiger partial charge in [0.2, 0.25) is 0 Å². The number of hydrogen-bond donors (Lipinski definition) is 2. The summed E-state index contributed by atoms with van der Waals surface area (Å²) in [6.07, 6.45) is 6.57. The Morgan fingerprint density at radius 2 is 1.95 bits per heavy atom. The predicted molar refractivity (Wildman–Crippen MR) is 82.0 cm³/mol. The van der Waals surface area contributed by atoms with Crippen molar-refractivity contribution in [2.75, 3.05) is 32.7 Å². The first-order chi connectivity index (χ1) is 9.76. The van der Waals surface area contributed by atoms with Crippen LogP contribution in [0.1, 0.15) is 31.2 Å². The fraction of sp³-hybridized carbons (Fsp3) is 0.647. The Balaban J connectivity index is 1.53. The molecule has 0 radical (unpaired) electrons. The average Bonchev–Trinajstić information content (AvgIpc) is 2.48. The first-order valence-electron chi connectivity index (χ1n) is 7.97. The molecule has 2 aliphatic heterocycles. The maximum absolute atomic E-state index is 9.32. The van der Waals surface area contributed by atoms with Crippen LogP contribution in [-0.2, 0) is 6.42 Å². The number of nitrogens with one attached hydrogen (secondary N) is 1. The first kappa shape index (κ1) is 13.9. The molecular formula is C17H26N2O. The summed E-state index contributed by atoms with van der Waals surface area (Å²) in [6.45, 7) is 6.07. The van der Waals surface area contributed by atoms with Gasteiger partial charge in [-0.1, -0.05) is 12.1 Å². The molecule has 1 aromatic carbocycles. The van der Waals surface area contributed by atoms with Crippen LogP contribution in [0.5, 0.6) is 5.75 Å². The second-order valence-electron chi connectivity index (χ2n) is 6.58. The van der Waals surface area contributed by atoms with E-state index in [2.05, 4.69) is 10.2 Å². The Bertz CT molecular complexity index is 418. The van der Waals surface area contributed by atoms with Gasteiger partial charge >= 0.3 is 0 Å². The van der Waals surface area contributed by atoms with Crippen LogP contribution in [0, 0.1) is 5.41 Å². The van der Waals surface area contributed by atoms with E-state index in [1.807, 2.05) is 12.1 Å². The van der Waals surface area contributed by atoms with Gasteiger partial charge in [0.25, 0.3) is 0 Å². The van der Waals surface area contributed by atoms with Crippen LogP contribution < -0.4 is 5.32 Å². The minimum Gasteiger partial charge on any atom is -0.508 e. The summed E-state index contributed by atoms with van der Waals surface area (Å²) in [4.78, 5) is 2.64. The number of aromatic hydroxyl groups is 1. The molecule has 0 aliphatic carbocycles. The van der Waals surface area contributed by atoms with Crippen LogP contribution in [0.4, 0.5) is 0 Å². The maximum Gasteiger partial charge on any atom is 0.115 e. The highest BCUT2D eigenvalue weighted by atomic mass is 16.3. The van der Waals surface area contributed by atoms with Crippen molar-refractivity contribution in [2.45, 2.75) is 32.1 Å². The van der Waals surface area contributed by atoms with Crippen LogP contribution in [0.3, 0.4) is 0 Å². The third-order valence-electron chi connectivity index (χ3n) is 4.95. The van der Waals surface area contributed by atoms with E-state index in [1.165, 1.54) is 57.4 Å². The van der Waals surface area contributed by atoms with Crippen LogP contribution in [0.15, 0.2) is 24.3 Å². The molecule has 1 aromatic rings.